The molecule has 15 heteroatoms. The van der Waals surface area contributed by atoms with Gasteiger partial charge in [-0.2, -0.15) is 0 Å². The summed E-state index contributed by atoms with van der Waals surface area (Å²) in [5.41, 5.74) is 15.4. The summed E-state index contributed by atoms with van der Waals surface area (Å²) in [6, 6.07) is 29.0. The topological polar surface area (TPSA) is 205 Å². The molecule has 0 spiro atoms. The number of benzene rings is 3. The Morgan fingerprint density at radius 2 is 1.37 bits per heavy atom. The maximum absolute atomic E-state index is 11.6. The van der Waals surface area contributed by atoms with Crippen LogP contribution in [-0.4, -0.2) is 121 Å². The smallest absolute Gasteiger partial charge is 0.196 e. The molecular weight excluding hydrogens is 933 g/mol. The Hall–Kier alpha value is -3.88. The van der Waals surface area contributed by atoms with Crippen molar-refractivity contribution in [3.8, 4) is 0 Å². The largest absolute Gasteiger partial charge is 0.398 e. The molecule has 3 aromatic rings. The van der Waals surface area contributed by atoms with E-state index in [1.165, 1.54) is 19.1 Å². The molecule has 2 fully saturated rings. The van der Waals surface area contributed by atoms with E-state index in [0.717, 1.165) is 36.0 Å². The quantitative estimate of drug-likeness (QED) is 0.0305. The van der Waals surface area contributed by atoms with E-state index in [1.54, 1.807) is 25.3 Å². The van der Waals surface area contributed by atoms with Gasteiger partial charge in [0.15, 0.2) is 24.7 Å². The normalized spacial score (nSPS) is 27.9. The lowest BCUT2D eigenvalue weighted by atomic mass is 9.79. The van der Waals surface area contributed by atoms with Crippen molar-refractivity contribution in [2.24, 2.45) is 16.9 Å². The van der Waals surface area contributed by atoms with Crippen molar-refractivity contribution in [2.75, 3.05) is 20.3 Å². The van der Waals surface area contributed by atoms with Crippen molar-refractivity contribution in [1.29, 1.82) is 0 Å². The molecule has 15 atom stereocenters. The molecular formula is C58H86N2O13. The number of nitrogens with two attached hydrogens (primary N) is 2. The molecule has 0 radical (unpaired) electrons. The maximum atomic E-state index is 11.6. The Bertz CT molecular complexity index is 2060. The van der Waals surface area contributed by atoms with Crippen LogP contribution >= 0.6 is 0 Å². The fraction of sp³-hybridized carbons (Fsp3) is 0.586. The molecule has 15 unspecified atom stereocenters. The molecule has 0 aliphatic carbocycles. The predicted molar refractivity (Wildman–Crippen MR) is 280 cm³/mol. The summed E-state index contributed by atoms with van der Waals surface area (Å²) >= 11 is 0. The van der Waals surface area contributed by atoms with Gasteiger partial charge in [0, 0.05) is 12.5 Å². The molecule has 0 bridgehead atoms. The first-order chi connectivity index (χ1) is 35.1. The predicted octanol–water partition coefficient (Wildman–Crippen LogP) is 8.13. The second-order valence-electron chi connectivity index (χ2n) is 19.6. The van der Waals surface area contributed by atoms with Crippen molar-refractivity contribution in [1.82, 2.24) is 0 Å². The molecule has 73 heavy (non-hydrogen) atoms. The van der Waals surface area contributed by atoms with Crippen molar-refractivity contribution >= 4 is 0 Å². The van der Waals surface area contributed by atoms with Gasteiger partial charge in [-0.05, 0) is 74.4 Å². The minimum atomic E-state index is -1.75. The van der Waals surface area contributed by atoms with Crippen LogP contribution in [0.25, 0.3) is 0 Å². The van der Waals surface area contributed by atoms with Crippen molar-refractivity contribution < 1.29 is 62.7 Å². The standard InChI is InChI=1S/C58H86N2O13/c1-9-22-45(73-58(7,63)33-32-44(11-3)70-55(62)47(59)34-46(23-10-2)65-35-41-24-16-13-17-25-41)30-31-49(61)72-51-40(5)68-38-57(6,54(51)67-37-43-28-20-15-21-29-43)39-69-52-48(12-4)71-56(64-8)50(60)53(52)66-36-42-26-18-14-19-27-42/h13-21,24-34,40,44-46,48-56,61-63H,9-12,22-23,35-39,59-60H2,1-8H3. The third kappa shape index (κ3) is 19.0. The minimum Gasteiger partial charge on any atom is -0.398 e. The van der Waals surface area contributed by atoms with Crippen LogP contribution in [0.4, 0.5) is 0 Å². The van der Waals surface area contributed by atoms with E-state index >= 15 is 0 Å². The first-order valence-electron chi connectivity index (χ1n) is 26.2. The van der Waals surface area contributed by atoms with Gasteiger partial charge in [0.25, 0.3) is 0 Å². The van der Waals surface area contributed by atoms with Crippen LogP contribution in [0.5, 0.6) is 0 Å². The van der Waals surface area contributed by atoms with Crippen LogP contribution in [0.3, 0.4) is 0 Å². The summed E-state index contributed by atoms with van der Waals surface area (Å²) in [6.07, 6.45) is 3.59. The van der Waals surface area contributed by atoms with Gasteiger partial charge in [-0.1, -0.05) is 151 Å². The first kappa shape index (κ1) is 60.0. The second kappa shape index (κ2) is 30.6. The van der Waals surface area contributed by atoms with Gasteiger partial charge in [-0.3, -0.25) is 0 Å². The Morgan fingerprint density at radius 1 is 0.781 bits per heavy atom. The molecule has 2 aliphatic rings. The first-order valence-corrected chi connectivity index (χ1v) is 26.2. The van der Waals surface area contributed by atoms with E-state index in [9.17, 15) is 15.3 Å². The average Bonchev–Trinajstić information content (AvgIpc) is 3.39. The highest BCUT2D eigenvalue weighted by molar-refractivity contribution is 5.16. The molecule has 7 N–H and O–H groups in total. The van der Waals surface area contributed by atoms with Gasteiger partial charge in [0.2, 0.25) is 0 Å². The zero-order valence-electron chi connectivity index (χ0n) is 44.4. The Morgan fingerprint density at radius 3 is 1.95 bits per heavy atom. The van der Waals surface area contributed by atoms with Gasteiger partial charge in [0.1, 0.15) is 18.3 Å². The molecule has 15 nitrogen and oxygen atoms in total. The molecule has 2 aliphatic heterocycles. The van der Waals surface area contributed by atoms with Gasteiger partial charge in [-0.25, -0.2) is 0 Å². The van der Waals surface area contributed by atoms with Crippen LogP contribution in [0.15, 0.2) is 127 Å². The molecule has 2 saturated heterocycles. The summed E-state index contributed by atoms with van der Waals surface area (Å²) in [7, 11) is 1.57. The zero-order valence-corrected chi connectivity index (χ0v) is 44.4. The van der Waals surface area contributed by atoms with Crippen molar-refractivity contribution in [3.63, 3.8) is 0 Å². The van der Waals surface area contributed by atoms with Crippen molar-refractivity contribution in [2.45, 2.75) is 192 Å². The second-order valence-corrected chi connectivity index (χ2v) is 19.6. The molecule has 0 saturated carbocycles. The summed E-state index contributed by atoms with van der Waals surface area (Å²) < 4.78 is 63.3. The van der Waals surface area contributed by atoms with Crippen molar-refractivity contribution in [3.05, 3.63) is 144 Å². The lowest BCUT2D eigenvalue weighted by Crippen LogP contribution is -2.64. The fourth-order valence-corrected chi connectivity index (χ4v) is 9.06. The highest BCUT2D eigenvalue weighted by Crippen LogP contribution is 2.39. The monoisotopic (exact) mass is 1020 g/mol. The van der Waals surface area contributed by atoms with Crippen LogP contribution < -0.4 is 11.5 Å². The van der Waals surface area contributed by atoms with E-state index in [4.69, 9.17) is 58.8 Å². The van der Waals surface area contributed by atoms with Crippen LogP contribution in [0, 0.1) is 5.41 Å². The number of methoxy groups -OCH3 is 1. The average molecular weight is 1020 g/mol. The number of aliphatic hydroxyl groups is 3. The van der Waals surface area contributed by atoms with Gasteiger partial charge in [0.05, 0.1) is 81.4 Å². The maximum Gasteiger partial charge on any atom is 0.196 e. The Balaban J connectivity index is 1.26. The molecule has 0 aromatic heterocycles. The Labute approximate surface area is 434 Å². The number of aliphatic hydroxyl groups excluding tert-OH is 2. The SMILES string of the molecule is CCCC(C=C(N)C(O)OC(C=CC(C)(O)OC(C=CC(O)OC1C(C)OCC(C)(COC2C(CC)OC(OC)C(N)C2OCc2ccccc2)C1OCc1ccccc1)CCC)CC)OCc1ccccc1. The summed E-state index contributed by atoms with van der Waals surface area (Å²) in [6.45, 7) is 14.9. The Kier molecular flexibility index (Phi) is 25.2. The lowest BCUT2D eigenvalue weighted by Gasteiger charge is -2.50. The third-order valence-electron chi connectivity index (χ3n) is 13.2. The molecule has 3 aromatic carbocycles. The zero-order chi connectivity index (χ0) is 52.8. The van der Waals surface area contributed by atoms with E-state index in [0.29, 0.717) is 32.5 Å². The van der Waals surface area contributed by atoms with E-state index < -0.39 is 78.8 Å². The van der Waals surface area contributed by atoms with E-state index in [-0.39, 0.29) is 37.7 Å². The molecule has 5 rings (SSSR count). The third-order valence-corrected chi connectivity index (χ3v) is 13.2. The fourth-order valence-electron chi connectivity index (χ4n) is 9.06. The number of hydrogen-bond donors (Lipinski definition) is 5. The van der Waals surface area contributed by atoms with Crippen LogP contribution in [0.2, 0.25) is 0 Å². The summed E-state index contributed by atoms with van der Waals surface area (Å²) in [4.78, 5) is 0. The summed E-state index contributed by atoms with van der Waals surface area (Å²) in [5.74, 6) is -1.75. The number of rotatable bonds is 31. The number of hydrogen-bond acceptors (Lipinski definition) is 15. The molecule has 2 heterocycles. The molecule has 0 amide bonds. The highest BCUT2D eigenvalue weighted by Gasteiger charge is 2.51. The molecule has 406 valence electrons. The van der Waals surface area contributed by atoms with Gasteiger partial charge >= 0.3 is 0 Å². The number of ether oxygens (including phenoxy) is 10. The minimum absolute atomic E-state index is 0.140. The van der Waals surface area contributed by atoms with E-state index in [1.807, 2.05) is 126 Å². The van der Waals surface area contributed by atoms with Gasteiger partial charge in [-0.15, -0.1) is 0 Å². The summed E-state index contributed by atoms with van der Waals surface area (Å²) in [5, 5.41) is 34.0. The van der Waals surface area contributed by atoms with Crippen LogP contribution in [-0.2, 0) is 67.2 Å². The highest BCUT2D eigenvalue weighted by atomic mass is 16.7. The van der Waals surface area contributed by atoms with E-state index in [2.05, 4.69) is 6.92 Å². The lowest BCUT2D eigenvalue weighted by molar-refractivity contribution is -0.293. The van der Waals surface area contributed by atoms with Gasteiger partial charge < -0.3 is 74.2 Å². The van der Waals surface area contributed by atoms with Crippen LogP contribution in [0.1, 0.15) is 104 Å².